The van der Waals surface area contributed by atoms with E-state index in [0.29, 0.717) is 5.75 Å². The molecular formula is C18H23NOS. The lowest BCUT2D eigenvalue weighted by Crippen LogP contribution is -2.23. The fraction of sp³-hybridized carbons (Fsp3) is 0.333. The highest BCUT2D eigenvalue weighted by molar-refractivity contribution is 7.85. The van der Waals surface area contributed by atoms with Gasteiger partial charge in [-0.15, -0.1) is 0 Å². The monoisotopic (exact) mass is 301 g/mol. The molecule has 0 saturated heterocycles. The van der Waals surface area contributed by atoms with Gasteiger partial charge < -0.3 is 5.32 Å². The van der Waals surface area contributed by atoms with E-state index >= 15 is 0 Å². The number of hydrogen-bond acceptors (Lipinski definition) is 2. The van der Waals surface area contributed by atoms with E-state index in [0.717, 1.165) is 4.90 Å². The molecule has 2 aromatic carbocycles. The van der Waals surface area contributed by atoms with Crippen LogP contribution in [0.1, 0.15) is 28.3 Å². The van der Waals surface area contributed by atoms with Crippen molar-refractivity contribution in [1.29, 1.82) is 0 Å². The van der Waals surface area contributed by atoms with Gasteiger partial charge in [-0.2, -0.15) is 0 Å². The van der Waals surface area contributed by atoms with Crippen LogP contribution in [0.3, 0.4) is 0 Å². The predicted octanol–water partition coefficient (Wildman–Crippen LogP) is 3.68. The molecule has 0 saturated carbocycles. The van der Waals surface area contributed by atoms with Gasteiger partial charge in [0.25, 0.3) is 0 Å². The zero-order valence-electron chi connectivity index (χ0n) is 13.1. The molecule has 0 fully saturated rings. The Labute approximate surface area is 130 Å². The summed E-state index contributed by atoms with van der Waals surface area (Å²) in [6.45, 7) is 6.24. The minimum Gasteiger partial charge on any atom is -0.312 e. The highest BCUT2D eigenvalue weighted by atomic mass is 32.2. The van der Waals surface area contributed by atoms with Crippen molar-refractivity contribution in [1.82, 2.24) is 5.32 Å². The Morgan fingerprint density at radius 1 is 1.00 bits per heavy atom. The third kappa shape index (κ3) is 4.02. The van der Waals surface area contributed by atoms with E-state index < -0.39 is 10.8 Å². The first kappa shape index (κ1) is 15.9. The van der Waals surface area contributed by atoms with Crippen LogP contribution in [-0.4, -0.2) is 17.0 Å². The molecule has 0 radical (unpaired) electrons. The summed E-state index contributed by atoms with van der Waals surface area (Å²) < 4.78 is 12.6. The first-order valence-electron chi connectivity index (χ1n) is 7.20. The van der Waals surface area contributed by atoms with Crippen molar-refractivity contribution in [3.8, 4) is 0 Å². The van der Waals surface area contributed by atoms with Crippen LogP contribution in [-0.2, 0) is 10.8 Å². The molecule has 2 aromatic rings. The highest BCUT2D eigenvalue weighted by Gasteiger charge is 2.16. The van der Waals surface area contributed by atoms with Crippen molar-refractivity contribution in [3.05, 3.63) is 64.7 Å². The Bertz CT molecular complexity index is 634. The molecule has 0 aromatic heterocycles. The van der Waals surface area contributed by atoms with E-state index in [4.69, 9.17) is 0 Å². The number of aryl methyl sites for hydroxylation is 3. The standard InChI is InChI=1S/C18H23NOS/c1-13-6-9-16(10-7-13)21(20)12-18(19-4)17-11-14(2)5-8-15(17)3/h5-11,18-19H,12H2,1-4H3. The van der Waals surface area contributed by atoms with E-state index in [1.807, 2.05) is 38.2 Å². The summed E-state index contributed by atoms with van der Waals surface area (Å²) in [4.78, 5) is 0.895. The van der Waals surface area contributed by atoms with Crippen molar-refractivity contribution in [3.63, 3.8) is 0 Å². The molecule has 0 heterocycles. The predicted molar refractivity (Wildman–Crippen MR) is 90.2 cm³/mol. The molecular weight excluding hydrogens is 278 g/mol. The van der Waals surface area contributed by atoms with Crippen LogP contribution < -0.4 is 5.32 Å². The van der Waals surface area contributed by atoms with Crippen LogP contribution in [0.2, 0.25) is 0 Å². The average Bonchev–Trinajstić information content (AvgIpc) is 2.48. The maximum Gasteiger partial charge on any atom is 0.0548 e. The van der Waals surface area contributed by atoms with Crippen molar-refractivity contribution in [2.24, 2.45) is 0 Å². The van der Waals surface area contributed by atoms with Gasteiger partial charge in [-0.25, -0.2) is 0 Å². The summed E-state index contributed by atoms with van der Waals surface area (Å²) in [5, 5.41) is 3.31. The first-order valence-corrected chi connectivity index (χ1v) is 8.52. The van der Waals surface area contributed by atoms with Gasteiger partial charge in [-0.05, 0) is 51.1 Å². The van der Waals surface area contributed by atoms with Gasteiger partial charge in [-0.1, -0.05) is 41.5 Å². The van der Waals surface area contributed by atoms with Crippen molar-refractivity contribution in [2.45, 2.75) is 31.7 Å². The van der Waals surface area contributed by atoms with Crippen LogP contribution in [0, 0.1) is 20.8 Å². The largest absolute Gasteiger partial charge is 0.312 e. The third-order valence-electron chi connectivity index (χ3n) is 3.76. The molecule has 0 aliphatic heterocycles. The normalized spacial score (nSPS) is 13.9. The third-order valence-corrected chi connectivity index (χ3v) is 5.19. The SMILES string of the molecule is CNC(CS(=O)c1ccc(C)cc1)c1cc(C)ccc1C. The van der Waals surface area contributed by atoms with Crippen molar-refractivity contribution in [2.75, 3.05) is 12.8 Å². The fourth-order valence-corrected chi connectivity index (χ4v) is 3.68. The van der Waals surface area contributed by atoms with E-state index in [-0.39, 0.29) is 6.04 Å². The Morgan fingerprint density at radius 2 is 1.62 bits per heavy atom. The molecule has 2 atom stereocenters. The maximum absolute atomic E-state index is 12.6. The Morgan fingerprint density at radius 3 is 2.24 bits per heavy atom. The summed E-state index contributed by atoms with van der Waals surface area (Å²) in [7, 11) is 0.930. The summed E-state index contributed by atoms with van der Waals surface area (Å²) >= 11 is 0. The number of hydrogen-bond donors (Lipinski definition) is 1. The maximum atomic E-state index is 12.6. The van der Waals surface area contributed by atoms with Gasteiger partial charge in [0, 0.05) is 16.7 Å². The molecule has 112 valence electrons. The smallest absolute Gasteiger partial charge is 0.0548 e. The Balaban J connectivity index is 2.20. The summed E-state index contributed by atoms with van der Waals surface area (Å²) in [6.07, 6.45) is 0. The Kier molecular flexibility index (Phi) is 5.32. The number of rotatable bonds is 5. The second-order valence-electron chi connectivity index (χ2n) is 5.53. The minimum absolute atomic E-state index is 0.104. The van der Waals surface area contributed by atoms with Gasteiger partial charge in [-0.3, -0.25) is 4.21 Å². The van der Waals surface area contributed by atoms with Crippen LogP contribution in [0.4, 0.5) is 0 Å². The van der Waals surface area contributed by atoms with E-state index in [1.165, 1.54) is 22.3 Å². The van der Waals surface area contributed by atoms with Gasteiger partial charge >= 0.3 is 0 Å². The van der Waals surface area contributed by atoms with Gasteiger partial charge in [0.15, 0.2) is 0 Å². The molecule has 21 heavy (non-hydrogen) atoms. The average molecular weight is 301 g/mol. The van der Waals surface area contributed by atoms with Gasteiger partial charge in [0.1, 0.15) is 0 Å². The molecule has 0 spiro atoms. The fourth-order valence-electron chi connectivity index (χ4n) is 2.40. The van der Waals surface area contributed by atoms with Gasteiger partial charge in [0.05, 0.1) is 10.8 Å². The second kappa shape index (κ2) is 7.01. The first-order chi connectivity index (χ1) is 10.0. The zero-order chi connectivity index (χ0) is 15.4. The van der Waals surface area contributed by atoms with Crippen LogP contribution in [0.5, 0.6) is 0 Å². The lowest BCUT2D eigenvalue weighted by atomic mass is 10.0. The lowest BCUT2D eigenvalue weighted by Gasteiger charge is -2.19. The molecule has 2 nitrogen and oxygen atoms in total. The second-order valence-corrected chi connectivity index (χ2v) is 7.02. The summed E-state index contributed by atoms with van der Waals surface area (Å²) in [5.41, 5.74) is 4.89. The molecule has 1 N–H and O–H groups in total. The summed E-state index contributed by atoms with van der Waals surface area (Å²) in [6, 6.07) is 14.5. The van der Waals surface area contributed by atoms with E-state index in [9.17, 15) is 4.21 Å². The molecule has 0 amide bonds. The van der Waals surface area contributed by atoms with Crippen LogP contribution in [0.15, 0.2) is 47.4 Å². The van der Waals surface area contributed by atoms with Crippen molar-refractivity contribution >= 4 is 10.8 Å². The highest BCUT2D eigenvalue weighted by Crippen LogP contribution is 2.22. The molecule has 0 aliphatic carbocycles. The quantitative estimate of drug-likeness (QED) is 0.913. The lowest BCUT2D eigenvalue weighted by molar-refractivity contribution is 0.633. The molecule has 0 aliphatic rings. The molecule has 2 rings (SSSR count). The van der Waals surface area contributed by atoms with Crippen LogP contribution in [0.25, 0.3) is 0 Å². The molecule has 3 heteroatoms. The van der Waals surface area contributed by atoms with E-state index in [1.54, 1.807) is 0 Å². The van der Waals surface area contributed by atoms with Crippen LogP contribution >= 0.6 is 0 Å². The number of nitrogens with one attached hydrogen (secondary N) is 1. The van der Waals surface area contributed by atoms with E-state index in [2.05, 4.69) is 37.4 Å². The van der Waals surface area contributed by atoms with Gasteiger partial charge in [0.2, 0.25) is 0 Å². The minimum atomic E-state index is -1.000. The summed E-state index contributed by atoms with van der Waals surface area (Å²) in [5.74, 6) is 0.587. The molecule has 0 bridgehead atoms. The van der Waals surface area contributed by atoms with Crippen molar-refractivity contribution < 1.29 is 4.21 Å². The Hall–Kier alpha value is -1.45. The number of benzene rings is 2. The zero-order valence-corrected chi connectivity index (χ0v) is 14.0. The molecule has 2 unspecified atom stereocenters. The topological polar surface area (TPSA) is 29.1 Å².